The maximum Gasteiger partial charge on any atom is 0.277 e. The van der Waals surface area contributed by atoms with Crippen molar-refractivity contribution in [3.8, 4) is 0 Å². The highest BCUT2D eigenvalue weighted by molar-refractivity contribution is 7.89. The van der Waals surface area contributed by atoms with Gasteiger partial charge in [0.05, 0.1) is 16.1 Å². The molecule has 2 aromatic rings. The molecule has 0 fully saturated rings. The first-order valence-electron chi connectivity index (χ1n) is 6.78. The molecule has 0 unspecified atom stereocenters. The molecular formula is C16H16Cl2N2O2S. The predicted octanol–water partition coefficient (Wildman–Crippen LogP) is 4.23. The molecule has 0 aliphatic carbocycles. The van der Waals surface area contributed by atoms with E-state index in [4.69, 9.17) is 23.2 Å². The molecule has 0 aliphatic rings. The van der Waals surface area contributed by atoms with Crippen molar-refractivity contribution in [1.29, 1.82) is 0 Å². The summed E-state index contributed by atoms with van der Waals surface area (Å²) in [4.78, 5) is 2.46. The molecule has 0 aliphatic heterocycles. The summed E-state index contributed by atoms with van der Waals surface area (Å²) in [6, 6.07) is 8.51. The number of hydrazone groups is 1. The summed E-state index contributed by atoms with van der Waals surface area (Å²) < 4.78 is 24.9. The van der Waals surface area contributed by atoms with Gasteiger partial charge in [0.2, 0.25) is 0 Å². The molecule has 0 saturated carbocycles. The Labute approximate surface area is 146 Å². The predicted molar refractivity (Wildman–Crippen MR) is 95.0 cm³/mol. The van der Waals surface area contributed by atoms with Gasteiger partial charge in [0, 0.05) is 10.6 Å². The van der Waals surface area contributed by atoms with Crippen LogP contribution in [0.15, 0.2) is 40.3 Å². The van der Waals surface area contributed by atoms with E-state index in [1.54, 1.807) is 32.0 Å². The quantitative estimate of drug-likeness (QED) is 0.646. The number of sulfonamides is 1. The lowest BCUT2D eigenvalue weighted by Gasteiger charge is -2.11. The molecule has 0 radical (unpaired) electrons. The van der Waals surface area contributed by atoms with E-state index in [0.29, 0.717) is 26.7 Å². The normalized spacial score (nSPS) is 11.9. The second kappa shape index (κ2) is 6.91. The van der Waals surface area contributed by atoms with Gasteiger partial charge >= 0.3 is 0 Å². The molecule has 122 valence electrons. The Morgan fingerprint density at radius 3 is 2.22 bits per heavy atom. The molecule has 2 aromatic carbocycles. The van der Waals surface area contributed by atoms with E-state index in [9.17, 15) is 8.42 Å². The van der Waals surface area contributed by atoms with Gasteiger partial charge in [-0.05, 0) is 44.0 Å². The highest BCUT2D eigenvalue weighted by atomic mass is 35.5. The monoisotopic (exact) mass is 370 g/mol. The number of hydrogen-bond acceptors (Lipinski definition) is 3. The summed E-state index contributed by atoms with van der Waals surface area (Å²) in [5.41, 5.74) is 2.93. The number of halogens is 2. The van der Waals surface area contributed by atoms with Crippen LogP contribution in [0.2, 0.25) is 10.0 Å². The number of nitrogens with zero attached hydrogens (tertiary/aromatic N) is 1. The molecular weight excluding hydrogens is 355 g/mol. The van der Waals surface area contributed by atoms with E-state index in [-0.39, 0.29) is 4.90 Å². The van der Waals surface area contributed by atoms with Gasteiger partial charge < -0.3 is 0 Å². The zero-order valence-corrected chi connectivity index (χ0v) is 15.2. The van der Waals surface area contributed by atoms with Crippen LogP contribution in [0, 0.1) is 20.8 Å². The number of aryl methyl sites for hydroxylation is 3. The van der Waals surface area contributed by atoms with Gasteiger partial charge in [-0.25, -0.2) is 4.83 Å². The van der Waals surface area contributed by atoms with E-state index >= 15 is 0 Å². The molecule has 0 aromatic heterocycles. The van der Waals surface area contributed by atoms with Crippen LogP contribution < -0.4 is 4.83 Å². The van der Waals surface area contributed by atoms with Crippen molar-refractivity contribution in [1.82, 2.24) is 4.83 Å². The minimum atomic E-state index is -3.75. The first kappa shape index (κ1) is 17.8. The fraction of sp³-hybridized carbons (Fsp3) is 0.188. The highest BCUT2D eigenvalue weighted by Gasteiger charge is 2.19. The largest absolute Gasteiger partial charge is 0.277 e. The van der Waals surface area contributed by atoms with Gasteiger partial charge in [-0.1, -0.05) is 47.0 Å². The van der Waals surface area contributed by atoms with E-state index < -0.39 is 10.0 Å². The van der Waals surface area contributed by atoms with Crippen LogP contribution in [0.25, 0.3) is 0 Å². The smallest absolute Gasteiger partial charge is 0.200 e. The standard InChI is InChI=1S/C16H16Cl2N2O2S/c1-10-6-11(2)16(12(3)7-10)23(21,22)20-19-9-13-4-5-14(17)8-15(13)18/h4-9,20H,1-3H3/b19-9+. The van der Waals surface area contributed by atoms with Crippen molar-refractivity contribution in [3.63, 3.8) is 0 Å². The molecule has 0 amide bonds. The third-order valence-corrected chi connectivity index (χ3v) is 5.30. The van der Waals surface area contributed by atoms with Gasteiger partial charge in [0.1, 0.15) is 0 Å². The summed E-state index contributed by atoms with van der Waals surface area (Å²) >= 11 is 11.8. The van der Waals surface area contributed by atoms with Crippen LogP contribution in [0.5, 0.6) is 0 Å². The van der Waals surface area contributed by atoms with Gasteiger partial charge in [-0.2, -0.15) is 13.5 Å². The lowest BCUT2D eigenvalue weighted by atomic mass is 10.1. The molecule has 0 atom stereocenters. The van der Waals surface area contributed by atoms with E-state index in [2.05, 4.69) is 9.93 Å². The SMILES string of the molecule is Cc1cc(C)c(S(=O)(=O)N/N=C/c2ccc(Cl)cc2Cl)c(C)c1. The van der Waals surface area contributed by atoms with Gasteiger partial charge in [-0.3, -0.25) is 0 Å². The summed E-state index contributed by atoms with van der Waals surface area (Å²) in [6.45, 7) is 5.44. The fourth-order valence-electron chi connectivity index (χ4n) is 2.41. The Kier molecular flexibility index (Phi) is 5.34. The van der Waals surface area contributed by atoms with E-state index in [1.807, 2.05) is 19.1 Å². The van der Waals surface area contributed by atoms with Crippen LogP contribution >= 0.6 is 23.2 Å². The maximum absolute atomic E-state index is 12.4. The van der Waals surface area contributed by atoms with E-state index in [1.165, 1.54) is 6.21 Å². The van der Waals surface area contributed by atoms with Crippen molar-refractivity contribution >= 4 is 39.4 Å². The first-order valence-corrected chi connectivity index (χ1v) is 9.02. The van der Waals surface area contributed by atoms with E-state index in [0.717, 1.165) is 5.56 Å². The average Bonchev–Trinajstić information content (AvgIpc) is 2.39. The van der Waals surface area contributed by atoms with Crippen LogP contribution in [0.4, 0.5) is 0 Å². The van der Waals surface area contributed by atoms with Crippen LogP contribution in [0.1, 0.15) is 22.3 Å². The maximum atomic E-state index is 12.4. The topological polar surface area (TPSA) is 58.5 Å². The summed E-state index contributed by atoms with van der Waals surface area (Å²) in [5, 5.41) is 4.68. The zero-order valence-electron chi connectivity index (χ0n) is 12.9. The molecule has 0 heterocycles. The fourth-order valence-corrected chi connectivity index (χ4v) is 4.11. The Balaban J connectivity index is 2.27. The third-order valence-electron chi connectivity index (χ3n) is 3.21. The Hall–Kier alpha value is -1.56. The third kappa shape index (κ3) is 4.25. The average molecular weight is 371 g/mol. The molecule has 1 N–H and O–H groups in total. The molecule has 0 saturated heterocycles. The molecule has 0 bridgehead atoms. The number of hydrogen-bond donors (Lipinski definition) is 1. The molecule has 2 rings (SSSR count). The van der Waals surface area contributed by atoms with Crippen molar-refractivity contribution in [3.05, 3.63) is 62.6 Å². The van der Waals surface area contributed by atoms with Crippen molar-refractivity contribution in [2.45, 2.75) is 25.7 Å². The zero-order chi connectivity index (χ0) is 17.2. The number of benzene rings is 2. The minimum Gasteiger partial charge on any atom is -0.200 e. The summed E-state index contributed by atoms with van der Waals surface area (Å²) in [5.74, 6) is 0. The Morgan fingerprint density at radius 1 is 1.04 bits per heavy atom. The van der Waals surface area contributed by atoms with Gasteiger partial charge in [0.25, 0.3) is 10.0 Å². The second-order valence-electron chi connectivity index (χ2n) is 5.25. The van der Waals surface area contributed by atoms with Crippen molar-refractivity contribution in [2.24, 2.45) is 5.10 Å². The Bertz CT molecular complexity index is 855. The molecule has 7 heteroatoms. The summed E-state index contributed by atoms with van der Waals surface area (Å²) in [6.07, 6.45) is 1.34. The highest BCUT2D eigenvalue weighted by Crippen LogP contribution is 2.22. The van der Waals surface area contributed by atoms with Crippen LogP contribution in [0.3, 0.4) is 0 Å². The lowest BCUT2D eigenvalue weighted by molar-refractivity contribution is 0.583. The van der Waals surface area contributed by atoms with Crippen molar-refractivity contribution in [2.75, 3.05) is 0 Å². The van der Waals surface area contributed by atoms with Gasteiger partial charge in [-0.15, -0.1) is 0 Å². The first-order chi connectivity index (χ1) is 10.7. The molecule has 0 spiro atoms. The second-order valence-corrected chi connectivity index (χ2v) is 7.69. The van der Waals surface area contributed by atoms with Gasteiger partial charge in [0.15, 0.2) is 0 Å². The number of nitrogens with one attached hydrogen (secondary N) is 1. The van der Waals surface area contributed by atoms with Crippen molar-refractivity contribution < 1.29 is 8.42 Å². The number of rotatable bonds is 4. The lowest BCUT2D eigenvalue weighted by Crippen LogP contribution is -2.20. The molecule has 23 heavy (non-hydrogen) atoms. The van der Waals surface area contributed by atoms with Crippen LogP contribution in [-0.2, 0) is 10.0 Å². The van der Waals surface area contributed by atoms with Crippen LogP contribution in [-0.4, -0.2) is 14.6 Å². The Morgan fingerprint density at radius 2 is 1.65 bits per heavy atom. The summed E-state index contributed by atoms with van der Waals surface area (Å²) in [7, 11) is -3.75. The molecule has 4 nitrogen and oxygen atoms in total. The minimum absolute atomic E-state index is 0.238.